The van der Waals surface area contributed by atoms with Crippen LogP contribution in [0.1, 0.15) is 35.9 Å². The summed E-state index contributed by atoms with van der Waals surface area (Å²) < 4.78 is 1.97. The Morgan fingerprint density at radius 2 is 2.03 bits per heavy atom. The van der Waals surface area contributed by atoms with Gasteiger partial charge in [-0.3, -0.25) is 9.67 Å². The average molecular weight is 411 g/mol. The number of aryl methyl sites for hydroxylation is 2. The van der Waals surface area contributed by atoms with Gasteiger partial charge in [0.25, 0.3) is 0 Å². The van der Waals surface area contributed by atoms with Crippen LogP contribution >= 0.6 is 0 Å². The van der Waals surface area contributed by atoms with Crippen LogP contribution in [0.3, 0.4) is 0 Å². The minimum atomic E-state index is 0.295. The minimum absolute atomic E-state index is 0.295. The van der Waals surface area contributed by atoms with Gasteiger partial charge in [-0.15, -0.1) is 0 Å². The largest absolute Gasteiger partial charge is 0.356 e. The van der Waals surface area contributed by atoms with Crippen LogP contribution in [0.25, 0.3) is 0 Å². The lowest BCUT2D eigenvalue weighted by molar-refractivity contribution is 0.328. The highest BCUT2D eigenvalue weighted by Crippen LogP contribution is 2.16. The van der Waals surface area contributed by atoms with Gasteiger partial charge in [0.05, 0.1) is 5.69 Å². The van der Waals surface area contributed by atoms with Crippen LogP contribution in [-0.4, -0.2) is 59.9 Å². The van der Waals surface area contributed by atoms with E-state index in [9.17, 15) is 0 Å². The number of nitrogens with zero attached hydrogens (tertiary/aromatic N) is 4. The van der Waals surface area contributed by atoms with Gasteiger partial charge < -0.3 is 15.5 Å². The van der Waals surface area contributed by atoms with E-state index in [1.165, 1.54) is 36.3 Å². The Hall–Kier alpha value is -2.34. The number of hydrogen-bond donors (Lipinski definition) is 2. The number of likely N-dealkylation sites (tertiary alicyclic amines) is 1. The zero-order valence-electron chi connectivity index (χ0n) is 19.3. The van der Waals surface area contributed by atoms with Crippen molar-refractivity contribution in [3.63, 3.8) is 0 Å². The van der Waals surface area contributed by atoms with Gasteiger partial charge in [-0.2, -0.15) is 5.10 Å². The van der Waals surface area contributed by atoms with Gasteiger partial charge >= 0.3 is 0 Å². The van der Waals surface area contributed by atoms with Gasteiger partial charge in [-0.1, -0.05) is 30.3 Å². The van der Waals surface area contributed by atoms with Crippen LogP contribution in [0.2, 0.25) is 0 Å². The van der Waals surface area contributed by atoms with Crippen molar-refractivity contribution in [2.24, 2.45) is 18.0 Å². The van der Waals surface area contributed by atoms with E-state index in [1.807, 2.05) is 18.8 Å². The molecule has 1 saturated heterocycles. The van der Waals surface area contributed by atoms with E-state index in [1.54, 1.807) is 0 Å². The number of rotatable bonds is 8. The number of aromatic nitrogens is 2. The van der Waals surface area contributed by atoms with Crippen LogP contribution in [0.15, 0.2) is 35.3 Å². The quantitative estimate of drug-likeness (QED) is 0.519. The van der Waals surface area contributed by atoms with E-state index in [2.05, 4.69) is 76.7 Å². The highest BCUT2D eigenvalue weighted by Gasteiger charge is 2.22. The molecule has 1 aromatic carbocycles. The summed E-state index contributed by atoms with van der Waals surface area (Å²) in [6, 6.07) is 11.1. The Labute approximate surface area is 181 Å². The smallest absolute Gasteiger partial charge is 0.191 e. The third-order valence-corrected chi connectivity index (χ3v) is 6.26. The van der Waals surface area contributed by atoms with Crippen molar-refractivity contribution in [3.05, 3.63) is 52.8 Å². The minimum Gasteiger partial charge on any atom is -0.356 e. The van der Waals surface area contributed by atoms with E-state index in [-0.39, 0.29) is 0 Å². The molecule has 3 rings (SSSR count). The molecule has 2 aromatic rings. The molecule has 2 atom stereocenters. The maximum atomic E-state index is 4.53. The summed E-state index contributed by atoms with van der Waals surface area (Å²) in [4.78, 5) is 7.03. The Morgan fingerprint density at radius 1 is 1.27 bits per heavy atom. The molecule has 6 heteroatoms. The van der Waals surface area contributed by atoms with E-state index < -0.39 is 0 Å². The van der Waals surface area contributed by atoms with Gasteiger partial charge in [-0.25, -0.2) is 0 Å². The molecule has 2 heterocycles. The molecule has 0 spiro atoms. The van der Waals surface area contributed by atoms with Crippen molar-refractivity contribution in [2.75, 3.05) is 33.2 Å². The fraction of sp³-hybridized carbons (Fsp3) is 0.583. The molecule has 2 N–H and O–H groups in total. The number of hydrogen-bond acceptors (Lipinski definition) is 3. The predicted octanol–water partition coefficient (Wildman–Crippen LogP) is 2.70. The Kier molecular flexibility index (Phi) is 7.91. The third-order valence-electron chi connectivity index (χ3n) is 6.26. The summed E-state index contributed by atoms with van der Waals surface area (Å²) >= 11 is 0. The van der Waals surface area contributed by atoms with Crippen LogP contribution in [-0.2, 0) is 19.9 Å². The number of nitrogens with one attached hydrogen (secondary N) is 2. The summed E-state index contributed by atoms with van der Waals surface area (Å²) in [5, 5.41) is 11.6. The van der Waals surface area contributed by atoms with Crippen molar-refractivity contribution >= 4 is 5.96 Å². The average Bonchev–Trinajstić information content (AvgIpc) is 3.30. The van der Waals surface area contributed by atoms with Crippen molar-refractivity contribution in [3.8, 4) is 0 Å². The van der Waals surface area contributed by atoms with Gasteiger partial charge in [0, 0.05) is 45.5 Å². The summed E-state index contributed by atoms with van der Waals surface area (Å²) in [5.74, 6) is 1.57. The first-order valence-corrected chi connectivity index (χ1v) is 11.2. The molecular formula is C24H38N6. The molecule has 1 aromatic heterocycles. The normalized spacial score (nSPS) is 18.6. The van der Waals surface area contributed by atoms with Crippen molar-refractivity contribution < 1.29 is 0 Å². The molecule has 6 nitrogen and oxygen atoms in total. The first-order chi connectivity index (χ1) is 14.5. The molecule has 1 aliphatic heterocycles. The molecule has 0 aliphatic carbocycles. The Bertz CT molecular complexity index is 826. The Morgan fingerprint density at radius 3 is 2.70 bits per heavy atom. The first kappa shape index (κ1) is 22.3. The molecule has 0 saturated carbocycles. The lowest BCUT2D eigenvalue weighted by atomic mass is 10.1. The third kappa shape index (κ3) is 6.08. The summed E-state index contributed by atoms with van der Waals surface area (Å²) in [7, 11) is 3.86. The fourth-order valence-electron chi connectivity index (χ4n) is 4.35. The van der Waals surface area contributed by atoms with E-state index >= 15 is 0 Å². The van der Waals surface area contributed by atoms with Gasteiger partial charge in [0.2, 0.25) is 0 Å². The van der Waals surface area contributed by atoms with Crippen molar-refractivity contribution in [1.82, 2.24) is 25.3 Å². The van der Waals surface area contributed by atoms with Gasteiger partial charge in [-0.05, 0) is 63.6 Å². The summed E-state index contributed by atoms with van der Waals surface area (Å²) in [5.41, 5.74) is 5.12. The lowest BCUT2D eigenvalue weighted by Crippen LogP contribution is -2.45. The SMILES string of the molecule is CN=C(NCC1CCN(CCc2ccccc2)C1)NC(C)Cc1c(C)nn(C)c1C. The summed E-state index contributed by atoms with van der Waals surface area (Å²) in [6.07, 6.45) is 3.33. The molecule has 0 radical (unpaired) electrons. The van der Waals surface area contributed by atoms with Gasteiger partial charge in [0.1, 0.15) is 0 Å². The summed E-state index contributed by atoms with van der Waals surface area (Å²) in [6.45, 7) is 10.9. The van der Waals surface area contributed by atoms with Crippen LogP contribution in [0.5, 0.6) is 0 Å². The number of benzene rings is 1. The van der Waals surface area contributed by atoms with E-state index in [0.29, 0.717) is 12.0 Å². The predicted molar refractivity (Wildman–Crippen MR) is 125 cm³/mol. The van der Waals surface area contributed by atoms with Crippen molar-refractivity contribution in [2.45, 2.75) is 46.1 Å². The van der Waals surface area contributed by atoms with Crippen LogP contribution in [0, 0.1) is 19.8 Å². The second-order valence-electron chi connectivity index (χ2n) is 8.67. The van der Waals surface area contributed by atoms with E-state index in [4.69, 9.17) is 0 Å². The molecular weight excluding hydrogens is 372 g/mol. The monoisotopic (exact) mass is 410 g/mol. The number of guanidine groups is 1. The molecule has 164 valence electrons. The maximum absolute atomic E-state index is 4.53. The standard InChI is InChI=1S/C24H38N6/c1-18(15-23-19(2)28-29(5)20(23)3)27-24(25-4)26-16-22-12-14-30(17-22)13-11-21-9-7-6-8-10-21/h6-10,18,22H,11-17H2,1-5H3,(H2,25,26,27). The molecule has 30 heavy (non-hydrogen) atoms. The Balaban J connectivity index is 1.40. The zero-order valence-corrected chi connectivity index (χ0v) is 19.3. The van der Waals surface area contributed by atoms with Crippen LogP contribution < -0.4 is 10.6 Å². The van der Waals surface area contributed by atoms with E-state index in [0.717, 1.165) is 37.6 Å². The zero-order chi connectivity index (χ0) is 21.5. The highest BCUT2D eigenvalue weighted by atomic mass is 15.3. The molecule has 1 fully saturated rings. The van der Waals surface area contributed by atoms with Crippen LogP contribution in [0.4, 0.5) is 0 Å². The lowest BCUT2D eigenvalue weighted by Gasteiger charge is -2.20. The second kappa shape index (κ2) is 10.6. The molecule has 0 amide bonds. The maximum Gasteiger partial charge on any atom is 0.191 e. The molecule has 1 aliphatic rings. The first-order valence-electron chi connectivity index (χ1n) is 11.2. The fourth-order valence-corrected chi connectivity index (χ4v) is 4.35. The topological polar surface area (TPSA) is 57.5 Å². The molecule has 2 unspecified atom stereocenters. The van der Waals surface area contributed by atoms with Crippen molar-refractivity contribution in [1.29, 1.82) is 0 Å². The highest BCUT2D eigenvalue weighted by molar-refractivity contribution is 5.79. The molecule has 0 bridgehead atoms. The number of aliphatic imine (C=N–C) groups is 1. The second-order valence-corrected chi connectivity index (χ2v) is 8.67. The van der Waals surface area contributed by atoms with Gasteiger partial charge in [0.15, 0.2) is 5.96 Å².